The summed E-state index contributed by atoms with van der Waals surface area (Å²) in [6.07, 6.45) is 1.69. The lowest BCUT2D eigenvalue weighted by molar-refractivity contribution is 0.312. The number of unbranched alkanes of at least 4 members (excludes halogenated alkanes) is 1. The molecule has 0 aliphatic rings. The van der Waals surface area contributed by atoms with Gasteiger partial charge in [0.1, 0.15) is 5.75 Å². The highest BCUT2D eigenvalue weighted by atomic mass is 16.5. The fourth-order valence-electron chi connectivity index (χ4n) is 1.14. The minimum atomic E-state index is 0.425. The standard InChI is InChI=1S/C12H12N2O/c13-8-1-2-10-15-12-5-3-11(4-6-12)7-9-14/h3-6H,1-2,7,10H2. The number of nitrogens with zero attached hydrogens (tertiary/aromatic N) is 2. The molecule has 0 atom stereocenters. The smallest absolute Gasteiger partial charge is 0.119 e. The average molecular weight is 200 g/mol. The summed E-state index contributed by atoms with van der Waals surface area (Å²) in [6.45, 7) is 0.561. The zero-order valence-electron chi connectivity index (χ0n) is 8.44. The third-order valence-electron chi connectivity index (χ3n) is 1.91. The van der Waals surface area contributed by atoms with Gasteiger partial charge < -0.3 is 4.74 Å². The van der Waals surface area contributed by atoms with Crippen LogP contribution >= 0.6 is 0 Å². The molecule has 1 aromatic rings. The van der Waals surface area contributed by atoms with E-state index in [1.807, 2.05) is 24.3 Å². The van der Waals surface area contributed by atoms with Crippen molar-refractivity contribution < 1.29 is 4.74 Å². The van der Waals surface area contributed by atoms with Gasteiger partial charge in [0.2, 0.25) is 0 Å². The molecule has 3 nitrogen and oxygen atoms in total. The van der Waals surface area contributed by atoms with E-state index < -0.39 is 0 Å². The van der Waals surface area contributed by atoms with Crippen LogP contribution in [-0.2, 0) is 6.42 Å². The highest BCUT2D eigenvalue weighted by molar-refractivity contribution is 5.28. The molecule has 3 heteroatoms. The molecule has 0 fully saturated rings. The monoisotopic (exact) mass is 200 g/mol. The lowest BCUT2D eigenvalue weighted by atomic mass is 10.2. The molecule has 0 spiro atoms. The first-order valence-corrected chi connectivity index (χ1v) is 4.82. The Hall–Kier alpha value is -2.00. The molecule has 1 rings (SSSR count). The summed E-state index contributed by atoms with van der Waals surface area (Å²) in [5.41, 5.74) is 0.988. The van der Waals surface area contributed by atoms with Crippen molar-refractivity contribution in [3.05, 3.63) is 29.8 Å². The molecule has 0 aliphatic heterocycles. The van der Waals surface area contributed by atoms with Gasteiger partial charge in [-0.15, -0.1) is 0 Å². The topological polar surface area (TPSA) is 56.8 Å². The van der Waals surface area contributed by atoms with Crippen molar-refractivity contribution in [3.63, 3.8) is 0 Å². The Morgan fingerprint density at radius 3 is 2.40 bits per heavy atom. The first kappa shape index (κ1) is 11.1. The van der Waals surface area contributed by atoms with Gasteiger partial charge in [0.05, 0.1) is 25.2 Å². The summed E-state index contributed by atoms with van der Waals surface area (Å²) in [5.74, 6) is 0.787. The molecule has 0 N–H and O–H groups in total. The molecule has 0 radical (unpaired) electrons. The first-order chi connectivity index (χ1) is 7.36. The van der Waals surface area contributed by atoms with E-state index in [2.05, 4.69) is 12.1 Å². The van der Waals surface area contributed by atoms with E-state index in [9.17, 15) is 0 Å². The molecule has 0 saturated heterocycles. The highest BCUT2D eigenvalue weighted by Crippen LogP contribution is 2.12. The molecule has 0 bridgehead atoms. The quantitative estimate of drug-likeness (QED) is 0.686. The van der Waals surface area contributed by atoms with Gasteiger partial charge in [-0.3, -0.25) is 0 Å². The van der Waals surface area contributed by atoms with Gasteiger partial charge in [-0.1, -0.05) is 12.1 Å². The molecule has 0 heterocycles. The van der Waals surface area contributed by atoms with Crippen LogP contribution in [0.1, 0.15) is 18.4 Å². The Balaban J connectivity index is 2.37. The summed E-state index contributed by atoms with van der Waals surface area (Å²) in [6, 6.07) is 11.6. The molecular weight excluding hydrogens is 188 g/mol. The molecule has 0 amide bonds. The second kappa shape index (κ2) is 6.45. The maximum atomic E-state index is 8.48. The SMILES string of the molecule is N#CCCCOc1ccc(CC#N)cc1. The van der Waals surface area contributed by atoms with Crippen LogP contribution in [-0.4, -0.2) is 6.61 Å². The van der Waals surface area contributed by atoms with Crippen LogP contribution in [0.2, 0.25) is 0 Å². The van der Waals surface area contributed by atoms with Crippen molar-refractivity contribution in [3.8, 4) is 17.9 Å². The fourth-order valence-corrected chi connectivity index (χ4v) is 1.14. The number of benzene rings is 1. The number of ether oxygens (including phenoxy) is 1. The van der Waals surface area contributed by atoms with Crippen LogP contribution in [0.15, 0.2) is 24.3 Å². The number of rotatable bonds is 5. The largest absolute Gasteiger partial charge is 0.494 e. The third-order valence-corrected chi connectivity index (χ3v) is 1.91. The second-order valence-electron chi connectivity index (χ2n) is 3.09. The van der Waals surface area contributed by atoms with E-state index in [-0.39, 0.29) is 0 Å². The van der Waals surface area contributed by atoms with Crippen LogP contribution in [0, 0.1) is 22.7 Å². The molecular formula is C12H12N2O. The van der Waals surface area contributed by atoms with Crippen molar-refractivity contribution in [1.29, 1.82) is 10.5 Å². The number of nitriles is 2. The molecule has 0 unspecified atom stereocenters. The minimum Gasteiger partial charge on any atom is -0.494 e. The molecule has 0 aromatic heterocycles. The van der Waals surface area contributed by atoms with Crippen LogP contribution in [0.25, 0.3) is 0 Å². The van der Waals surface area contributed by atoms with Gasteiger partial charge in [0, 0.05) is 6.42 Å². The summed E-state index contributed by atoms with van der Waals surface area (Å²) >= 11 is 0. The predicted octanol–water partition coefficient (Wildman–Crippen LogP) is 2.44. The molecule has 76 valence electrons. The summed E-state index contributed by atoms with van der Waals surface area (Å²) < 4.78 is 5.41. The van der Waals surface area contributed by atoms with Gasteiger partial charge in [-0.2, -0.15) is 10.5 Å². The van der Waals surface area contributed by atoms with Crippen molar-refractivity contribution >= 4 is 0 Å². The van der Waals surface area contributed by atoms with Crippen LogP contribution in [0.3, 0.4) is 0 Å². The van der Waals surface area contributed by atoms with Gasteiger partial charge in [-0.25, -0.2) is 0 Å². The van der Waals surface area contributed by atoms with Gasteiger partial charge in [-0.05, 0) is 24.1 Å². The Morgan fingerprint density at radius 1 is 1.07 bits per heavy atom. The normalized spacial score (nSPS) is 8.93. The summed E-state index contributed by atoms with van der Waals surface area (Å²) in [4.78, 5) is 0. The van der Waals surface area contributed by atoms with E-state index in [0.29, 0.717) is 19.4 Å². The lowest BCUT2D eigenvalue weighted by Gasteiger charge is -2.04. The predicted molar refractivity (Wildman–Crippen MR) is 56.1 cm³/mol. The van der Waals surface area contributed by atoms with Crippen molar-refractivity contribution in [2.24, 2.45) is 0 Å². The molecule has 0 saturated carbocycles. The van der Waals surface area contributed by atoms with E-state index in [4.69, 9.17) is 15.3 Å². The van der Waals surface area contributed by atoms with E-state index in [1.54, 1.807) is 0 Å². The first-order valence-electron chi connectivity index (χ1n) is 4.82. The summed E-state index contributed by atoms with van der Waals surface area (Å²) in [7, 11) is 0. The Kier molecular flexibility index (Phi) is 4.77. The van der Waals surface area contributed by atoms with Crippen molar-refractivity contribution in [1.82, 2.24) is 0 Å². The van der Waals surface area contributed by atoms with Crippen molar-refractivity contribution in [2.45, 2.75) is 19.3 Å². The van der Waals surface area contributed by atoms with E-state index in [0.717, 1.165) is 17.7 Å². The third kappa shape index (κ3) is 4.15. The zero-order valence-corrected chi connectivity index (χ0v) is 8.44. The van der Waals surface area contributed by atoms with E-state index in [1.165, 1.54) is 0 Å². The Morgan fingerprint density at radius 2 is 1.80 bits per heavy atom. The maximum absolute atomic E-state index is 8.48. The molecule has 1 aromatic carbocycles. The van der Waals surface area contributed by atoms with Gasteiger partial charge >= 0.3 is 0 Å². The molecule has 0 aliphatic carbocycles. The fraction of sp³-hybridized carbons (Fsp3) is 0.333. The highest BCUT2D eigenvalue weighted by Gasteiger charge is 1.95. The second-order valence-corrected chi connectivity index (χ2v) is 3.09. The van der Waals surface area contributed by atoms with Crippen LogP contribution in [0.4, 0.5) is 0 Å². The van der Waals surface area contributed by atoms with Gasteiger partial charge in [0.25, 0.3) is 0 Å². The Bertz CT molecular complexity index is 370. The number of hydrogen-bond donors (Lipinski definition) is 0. The minimum absolute atomic E-state index is 0.425. The van der Waals surface area contributed by atoms with Gasteiger partial charge in [0.15, 0.2) is 0 Å². The average Bonchev–Trinajstić information content (AvgIpc) is 2.27. The number of hydrogen-bond acceptors (Lipinski definition) is 3. The molecule has 15 heavy (non-hydrogen) atoms. The van der Waals surface area contributed by atoms with Crippen LogP contribution in [0.5, 0.6) is 5.75 Å². The van der Waals surface area contributed by atoms with Crippen LogP contribution < -0.4 is 4.74 Å². The van der Waals surface area contributed by atoms with E-state index >= 15 is 0 Å². The zero-order chi connectivity index (χ0) is 10.9. The Labute approximate surface area is 89.5 Å². The maximum Gasteiger partial charge on any atom is 0.119 e. The van der Waals surface area contributed by atoms with Crippen molar-refractivity contribution in [2.75, 3.05) is 6.61 Å². The lowest BCUT2D eigenvalue weighted by Crippen LogP contribution is -1.96. The summed E-state index contributed by atoms with van der Waals surface area (Å²) in [5, 5.41) is 16.8.